The Morgan fingerprint density at radius 2 is 1.50 bits per heavy atom. The lowest BCUT2D eigenvalue weighted by molar-refractivity contribution is -0.325. The van der Waals surface area contributed by atoms with Crippen LogP contribution in [0, 0.1) is 0 Å². The number of rotatable bonds is 9. The number of piperidine rings is 1. The smallest absolute Gasteiger partial charge is 0.128 e. The summed E-state index contributed by atoms with van der Waals surface area (Å²) in [5.41, 5.74) is 1.16. The Hall–Kier alpha value is -0.900. The quantitative estimate of drug-likeness (QED) is 0.450. The first kappa shape index (κ1) is 23.4. The average Bonchev–Trinajstić information content (AvgIpc) is 2.61. The summed E-state index contributed by atoms with van der Waals surface area (Å²) in [6.07, 6.45) is 8.25. The van der Waals surface area contributed by atoms with Gasteiger partial charge in [0.15, 0.2) is 0 Å². The monoisotopic (exact) mass is 389 g/mol. The van der Waals surface area contributed by atoms with Gasteiger partial charge in [-0.05, 0) is 72.3 Å². The van der Waals surface area contributed by atoms with Gasteiger partial charge in [0.25, 0.3) is 0 Å². The van der Waals surface area contributed by atoms with Crippen LogP contribution in [0.1, 0.15) is 105 Å². The minimum Gasteiger partial charge on any atom is -0.373 e. The molecule has 1 heterocycles. The van der Waals surface area contributed by atoms with Crippen molar-refractivity contribution in [2.45, 2.75) is 116 Å². The van der Waals surface area contributed by atoms with Crippen LogP contribution in [0.3, 0.4) is 0 Å². The predicted octanol–water partition coefficient (Wildman–Crippen LogP) is 7.08. The highest BCUT2D eigenvalue weighted by Crippen LogP contribution is 2.45. The highest BCUT2D eigenvalue weighted by atomic mass is 16.7. The largest absolute Gasteiger partial charge is 0.373 e. The van der Waals surface area contributed by atoms with Crippen LogP contribution in [-0.4, -0.2) is 28.3 Å². The van der Waals surface area contributed by atoms with E-state index >= 15 is 0 Å². The van der Waals surface area contributed by atoms with Crippen LogP contribution in [0.4, 0.5) is 0 Å². The Kier molecular flexibility index (Phi) is 8.13. The number of hydroxylamine groups is 2. The fourth-order valence-corrected chi connectivity index (χ4v) is 4.80. The molecule has 1 aliphatic rings. The lowest BCUT2D eigenvalue weighted by Crippen LogP contribution is -2.61. The van der Waals surface area contributed by atoms with E-state index in [1.807, 2.05) is 0 Å². The van der Waals surface area contributed by atoms with Gasteiger partial charge in [0.2, 0.25) is 0 Å². The third kappa shape index (κ3) is 6.05. The van der Waals surface area contributed by atoms with Crippen LogP contribution in [0.5, 0.6) is 0 Å². The van der Waals surface area contributed by atoms with Gasteiger partial charge >= 0.3 is 0 Å². The first-order chi connectivity index (χ1) is 13.1. The van der Waals surface area contributed by atoms with E-state index < -0.39 is 0 Å². The molecule has 1 fully saturated rings. The normalized spacial score (nSPS) is 27.7. The van der Waals surface area contributed by atoms with E-state index in [2.05, 4.69) is 83.9 Å². The summed E-state index contributed by atoms with van der Waals surface area (Å²) in [5, 5.41) is 2.40. The van der Waals surface area contributed by atoms with Crippen molar-refractivity contribution in [2.75, 3.05) is 6.61 Å². The summed E-state index contributed by atoms with van der Waals surface area (Å²) in [6, 6.07) is 10.6. The van der Waals surface area contributed by atoms with Gasteiger partial charge in [-0.2, -0.15) is 5.06 Å². The molecular formula is C25H43NO2. The van der Waals surface area contributed by atoms with Crippen molar-refractivity contribution in [1.29, 1.82) is 0 Å². The summed E-state index contributed by atoms with van der Waals surface area (Å²) >= 11 is 0. The number of benzene rings is 1. The standard InChI is InChI=1S/C25H43NO2/c1-8-16-24(6)18-13-19-25(7,17-9-2)26(24)28-22(20-27-23(3,4)5)21-14-11-10-12-15-21/h10-12,14-15,22H,8-9,13,16-20H2,1-7H3. The van der Waals surface area contributed by atoms with Gasteiger partial charge in [0.1, 0.15) is 6.10 Å². The van der Waals surface area contributed by atoms with Crippen molar-refractivity contribution >= 4 is 0 Å². The van der Waals surface area contributed by atoms with Gasteiger partial charge < -0.3 is 4.74 Å². The third-order valence-corrected chi connectivity index (χ3v) is 6.06. The molecule has 0 radical (unpaired) electrons. The minimum absolute atomic E-state index is 0.0751. The van der Waals surface area contributed by atoms with Gasteiger partial charge in [-0.3, -0.25) is 4.84 Å². The zero-order chi connectivity index (χ0) is 20.8. The Labute approximate surface area is 173 Å². The molecule has 0 aromatic heterocycles. The maximum absolute atomic E-state index is 6.92. The number of nitrogens with zero attached hydrogens (tertiary/aromatic N) is 1. The molecule has 3 heteroatoms. The van der Waals surface area contributed by atoms with Crippen molar-refractivity contribution in [1.82, 2.24) is 5.06 Å². The molecule has 3 atom stereocenters. The number of hydrogen-bond acceptors (Lipinski definition) is 3. The Bertz CT molecular complexity index is 554. The van der Waals surface area contributed by atoms with E-state index in [1.165, 1.54) is 37.7 Å². The molecule has 1 aromatic rings. The van der Waals surface area contributed by atoms with Gasteiger partial charge in [-0.15, -0.1) is 0 Å². The SMILES string of the molecule is CCCC1(C)CCCC(C)(CCC)N1OC(COC(C)(C)C)c1ccccc1. The molecular weight excluding hydrogens is 346 g/mol. The first-order valence-electron chi connectivity index (χ1n) is 11.3. The van der Waals surface area contributed by atoms with Crippen LogP contribution in [-0.2, 0) is 9.57 Å². The zero-order valence-corrected chi connectivity index (χ0v) is 19.4. The highest BCUT2D eigenvalue weighted by molar-refractivity contribution is 5.18. The number of ether oxygens (including phenoxy) is 1. The van der Waals surface area contributed by atoms with Crippen LogP contribution < -0.4 is 0 Å². The molecule has 0 spiro atoms. The molecule has 160 valence electrons. The zero-order valence-electron chi connectivity index (χ0n) is 19.4. The van der Waals surface area contributed by atoms with Crippen LogP contribution in [0.15, 0.2) is 30.3 Å². The summed E-state index contributed by atoms with van der Waals surface area (Å²) in [7, 11) is 0. The Morgan fingerprint density at radius 1 is 0.964 bits per heavy atom. The summed E-state index contributed by atoms with van der Waals surface area (Å²) in [5.74, 6) is 0. The second-order valence-electron chi connectivity index (χ2n) is 10.1. The fraction of sp³-hybridized carbons (Fsp3) is 0.760. The lowest BCUT2D eigenvalue weighted by Gasteiger charge is -2.55. The molecule has 3 nitrogen and oxygen atoms in total. The molecule has 0 amide bonds. The average molecular weight is 390 g/mol. The predicted molar refractivity (Wildman–Crippen MR) is 118 cm³/mol. The minimum atomic E-state index is -0.183. The fourth-order valence-electron chi connectivity index (χ4n) is 4.80. The summed E-state index contributed by atoms with van der Waals surface area (Å²) in [6.45, 7) is 16.3. The van der Waals surface area contributed by atoms with Crippen molar-refractivity contribution in [3.05, 3.63) is 35.9 Å². The van der Waals surface area contributed by atoms with Crippen molar-refractivity contribution in [2.24, 2.45) is 0 Å². The maximum Gasteiger partial charge on any atom is 0.128 e. The van der Waals surface area contributed by atoms with Gasteiger partial charge in [0.05, 0.1) is 12.2 Å². The lowest BCUT2D eigenvalue weighted by atomic mass is 9.76. The van der Waals surface area contributed by atoms with E-state index in [9.17, 15) is 0 Å². The number of hydrogen-bond donors (Lipinski definition) is 0. The van der Waals surface area contributed by atoms with Crippen LogP contribution in [0.2, 0.25) is 0 Å². The van der Waals surface area contributed by atoms with Crippen molar-refractivity contribution < 1.29 is 9.57 Å². The van der Waals surface area contributed by atoms with Gasteiger partial charge in [-0.1, -0.05) is 57.0 Å². The van der Waals surface area contributed by atoms with Crippen molar-refractivity contribution in [3.63, 3.8) is 0 Å². The van der Waals surface area contributed by atoms with Crippen molar-refractivity contribution in [3.8, 4) is 0 Å². The van der Waals surface area contributed by atoms with Crippen LogP contribution >= 0.6 is 0 Å². The molecule has 1 saturated heterocycles. The van der Waals surface area contributed by atoms with E-state index in [4.69, 9.17) is 9.57 Å². The molecule has 2 rings (SSSR count). The van der Waals surface area contributed by atoms with Gasteiger partial charge in [-0.25, -0.2) is 0 Å². The third-order valence-electron chi connectivity index (χ3n) is 6.06. The van der Waals surface area contributed by atoms with E-state index in [-0.39, 0.29) is 22.8 Å². The molecule has 1 aromatic carbocycles. The molecule has 0 bridgehead atoms. The van der Waals surface area contributed by atoms with E-state index in [0.717, 1.165) is 12.8 Å². The second kappa shape index (κ2) is 9.73. The van der Waals surface area contributed by atoms with Crippen LogP contribution in [0.25, 0.3) is 0 Å². The summed E-state index contributed by atoms with van der Waals surface area (Å²) < 4.78 is 6.19. The van der Waals surface area contributed by atoms with E-state index in [1.54, 1.807) is 0 Å². The molecule has 0 saturated carbocycles. The molecule has 28 heavy (non-hydrogen) atoms. The molecule has 3 unspecified atom stereocenters. The highest BCUT2D eigenvalue weighted by Gasteiger charge is 2.48. The van der Waals surface area contributed by atoms with E-state index in [0.29, 0.717) is 6.61 Å². The molecule has 1 aliphatic heterocycles. The van der Waals surface area contributed by atoms with Gasteiger partial charge in [0, 0.05) is 11.1 Å². The Morgan fingerprint density at radius 3 is 1.96 bits per heavy atom. The Balaban J connectivity index is 2.34. The topological polar surface area (TPSA) is 21.7 Å². The second-order valence-corrected chi connectivity index (χ2v) is 10.1. The molecule has 0 aliphatic carbocycles. The summed E-state index contributed by atoms with van der Waals surface area (Å²) in [4.78, 5) is 6.92. The maximum atomic E-state index is 6.92. The first-order valence-corrected chi connectivity index (χ1v) is 11.3. The molecule has 0 N–H and O–H groups in total.